The van der Waals surface area contributed by atoms with Crippen LogP contribution in [0.15, 0.2) is 21.3 Å². The van der Waals surface area contributed by atoms with Gasteiger partial charge >= 0.3 is 5.63 Å². The van der Waals surface area contributed by atoms with E-state index in [-0.39, 0.29) is 36.1 Å². The van der Waals surface area contributed by atoms with Crippen molar-refractivity contribution in [3.63, 3.8) is 0 Å². The minimum atomic E-state index is -0.407. The quantitative estimate of drug-likeness (QED) is 0.807. The maximum atomic E-state index is 12.4. The number of halogens is 1. The van der Waals surface area contributed by atoms with Gasteiger partial charge in [0.2, 0.25) is 5.91 Å². The summed E-state index contributed by atoms with van der Waals surface area (Å²) in [6.07, 6.45) is 0.462. The number of likely N-dealkylation sites (tertiary alicyclic amines) is 1. The maximum absolute atomic E-state index is 12.4. The zero-order valence-corrected chi connectivity index (χ0v) is 15.8. The molecule has 7 nitrogen and oxygen atoms in total. The Kier molecular flexibility index (Phi) is 4.34. The number of nitrogens with one attached hydrogen (secondary N) is 1. The highest BCUT2D eigenvalue weighted by Crippen LogP contribution is 2.32. The Labute approximate surface area is 160 Å². The molecule has 2 aliphatic heterocycles. The SMILES string of the molecule is Cc1c(C)c2cc(Cl)c(OCC(=O)N3C[C@@H]4CC(=O)N[C@@H]4C3)cc2oc1=O. The van der Waals surface area contributed by atoms with Gasteiger partial charge in [-0.2, -0.15) is 0 Å². The van der Waals surface area contributed by atoms with E-state index in [0.29, 0.717) is 35.7 Å². The Morgan fingerprint density at radius 3 is 2.81 bits per heavy atom. The van der Waals surface area contributed by atoms with Crippen molar-refractivity contribution >= 4 is 34.4 Å². The van der Waals surface area contributed by atoms with Crippen molar-refractivity contribution in [3.8, 4) is 5.75 Å². The third-order valence-corrected chi connectivity index (χ3v) is 5.74. The van der Waals surface area contributed by atoms with Crippen molar-refractivity contribution in [2.75, 3.05) is 19.7 Å². The van der Waals surface area contributed by atoms with Gasteiger partial charge in [0.15, 0.2) is 6.61 Å². The molecule has 2 amide bonds. The summed E-state index contributed by atoms with van der Waals surface area (Å²) < 4.78 is 10.9. The number of aryl methyl sites for hydroxylation is 1. The number of carbonyl (C=O) groups is 2. The van der Waals surface area contributed by atoms with Gasteiger partial charge in [0, 0.05) is 42.4 Å². The second-order valence-corrected chi connectivity index (χ2v) is 7.55. The highest BCUT2D eigenvalue weighted by Gasteiger charge is 2.41. The molecule has 2 atom stereocenters. The van der Waals surface area contributed by atoms with Crippen LogP contribution in [-0.4, -0.2) is 42.5 Å². The van der Waals surface area contributed by atoms with Crippen molar-refractivity contribution < 1.29 is 18.7 Å². The summed E-state index contributed by atoms with van der Waals surface area (Å²) in [6.45, 7) is 4.40. The van der Waals surface area contributed by atoms with Gasteiger partial charge < -0.3 is 19.4 Å². The van der Waals surface area contributed by atoms with E-state index in [4.69, 9.17) is 20.8 Å². The number of amides is 2. The lowest BCUT2D eigenvalue weighted by Gasteiger charge is -2.18. The van der Waals surface area contributed by atoms with E-state index in [9.17, 15) is 14.4 Å². The molecular formula is C19H19ClN2O5. The van der Waals surface area contributed by atoms with Gasteiger partial charge in [-0.25, -0.2) is 4.79 Å². The zero-order valence-electron chi connectivity index (χ0n) is 15.0. The fraction of sp³-hybridized carbons (Fsp3) is 0.421. The molecule has 2 aromatic rings. The van der Waals surface area contributed by atoms with Gasteiger partial charge in [0.05, 0.1) is 11.1 Å². The molecule has 2 saturated heterocycles. The van der Waals surface area contributed by atoms with Gasteiger partial charge in [-0.05, 0) is 25.5 Å². The van der Waals surface area contributed by atoms with Gasteiger partial charge in [-0.15, -0.1) is 0 Å². The molecule has 0 unspecified atom stereocenters. The fourth-order valence-electron chi connectivity index (χ4n) is 3.73. The summed E-state index contributed by atoms with van der Waals surface area (Å²) in [5.74, 6) is 0.336. The van der Waals surface area contributed by atoms with Crippen LogP contribution in [0, 0.1) is 19.8 Å². The first-order chi connectivity index (χ1) is 12.8. The van der Waals surface area contributed by atoms with E-state index in [1.54, 1.807) is 17.9 Å². The fourth-order valence-corrected chi connectivity index (χ4v) is 3.95. The molecule has 0 bridgehead atoms. The van der Waals surface area contributed by atoms with Crippen molar-refractivity contribution in [2.45, 2.75) is 26.3 Å². The molecule has 0 spiro atoms. The van der Waals surface area contributed by atoms with Crippen LogP contribution in [-0.2, 0) is 9.59 Å². The number of benzene rings is 1. The Morgan fingerprint density at radius 2 is 2.07 bits per heavy atom. The third-order valence-electron chi connectivity index (χ3n) is 5.45. The molecule has 0 saturated carbocycles. The van der Waals surface area contributed by atoms with E-state index < -0.39 is 5.63 Å². The second-order valence-electron chi connectivity index (χ2n) is 7.14. The first kappa shape index (κ1) is 17.9. The van der Waals surface area contributed by atoms with Crippen molar-refractivity contribution in [2.24, 2.45) is 5.92 Å². The van der Waals surface area contributed by atoms with Crippen LogP contribution < -0.4 is 15.7 Å². The molecule has 2 aliphatic rings. The molecule has 142 valence electrons. The van der Waals surface area contributed by atoms with Crippen molar-refractivity contribution in [1.29, 1.82) is 0 Å². The molecule has 0 radical (unpaired) electrons. The van der Waals surface area contributed by atoms with Gasteiger partial charge in [0.25, 0.3) is 5.91 Å². The average molecular weight is 391 g/mol. The second kappa shape index (κ2) is 6.56. The largest absolute Gasteiger partial charge is 0.482 e. The standard InChI is InChI=1S/C19H19ClN2O5/c1-9-10(2)19(25)27-15-5-16(13(20)4-12(9)15)26-8-18(24)22-6-11-3-17(23)21-14(11)7-22/h4-5,11,14H,3,6-8H2,1-2H3,(H,21,23)/t11-,14+/m0/s1. The molecule has 0 aliphatic carbocycles. The van der Waals surface area contributed by atoms with Crippen molar-refractivity contribution in [3.05, 3.63) is 38.7 Å². The summed E-state index contributed by atoms with van der Waals surface area (Å²) in [7, 11) is 0. The highest BCUT2D eigenvalue weighted by molar-refractivity contribution is 6.32. The van der Waals surface area contributed by atoms with Gasteiger partial charge in [-0.1, -0.05) is 11.6 Å². The Morgan fingerprint density at radius 1 is 1.30 bits per heavy atom. The molecule has 3 heterocycles. The van der Waals surface area contributed by atoms with Crippen molar-refractivity contribution in [1.82, 2.24) is 10.2 Å². The van der Waals surface area contributed by atoms with Gasteiger partial charge in [0.1, 0.15) is 11.3 Å². The van der Waals surface area contributed by atoms with E-state index in [1.807, 2.05) is 6.92 Å². The summed E-state index contributed by atoms with van der Waals surface area (Å²) in [6, 6.07) is 3.25. The smallest absolute Gasteiger partial charge is 0.339 e. The monoisotopic (exact) mass is 390 g/mol. The minimum Gasteiger partial charge on any atom is -0.482 e. The first-order valence-electron chi connectivity index (χ1n) is 8.77. The molecule has 1 N–H and O–H groups in total. The number of ether oxygens (including phenoxy) is 1. The summed E-state index contributed by atoms with van der Waals surface area (Å²) >= 11 is 6.29. The molecular weight excluding hydrogens is 372 g/mol. The molecule has 8 heteroatoms. The third kappa shape index (κ3) is 3.16. The van der Waals surface area contributed by atoms with E-state index in [2.05, 4.69) is 5.32 Å². The average Bonchev–Trinajstić information content (AvgIpc) is 3.16. The number of hydrogen-bond acceptors (Lipinski definition) is 5. The van der Waals surface area contributed by atoms with E-state index in [0.717, 1.165) is 10.9 Å². The molecule has 1 aromatic carbocycles. The summed E-state index contributed by atoms with van der Waals surface area (Å²) in [5, 5.41) is 3.96. The summed E-state index contributed by atoms with van der Waals surface area (Å²) in [4.78, 5) is 37.4. The molecule has 4 rings (SSSR count). The van der Waals surface area contributed by atoms with Crippen LogP contribution in [0.5, 0.6) is 5.75 Å². The normalized spacial score (nSPS) is 21.4. The predicted molar refractivity (Wildman–Crippen MR) is 99.1 cm³/mol. The number of rotatable bonds is 3. The first-order valence-corrected chi connectivity index (χ1v) is 9.14. The lowest BCUT2D eigenvalue weighted by molar-refractivity contribution is -0.133. The maximum Gasteiger partial charge on any atom is 0.339 e. The van der Waals surface area contributed by atoms with Crippen LogP contribution in [0.25, 0.3) is 11.0 Å². The molecule has 2 fully saturated rings. The Balaban J connectivity index is 1.48. The highest BCUT2D eigenvalue weighted by atomic mass is 35.5. The lowest BCUT2D eigenvalue weighted by Crippen LogP contribution is -2.37. The minimum absolute atomic E-state index is 0.0335. The number of fused-ring (bicyclic) bond motifs is 2. The molecule has 1 aromatic heterocycles. The van der Waals surface area contributed by atoms with E-state index in [1.165, 1.54) is 6.07 Å². The van der Waals surface area contributed by atoms with Crippen LogP contribution in [0.4, 0.5) is 0 Å². The van der Waals surface area contributed by atoms with Gasteiger partial charge in [-0.3, -0.25) is 9.59 Å². The number of carbonyl (C=O) groups excluding carboxylic acids is 2. The zero-order chi connectivity index (χ0) is 19.3. The van der Waals surface area contributed by atoms with Crippen LogP contribution in [0.1, 0.15) is 17.5 Å². The number of hydrogen-bond donors (Lipinski definition) is 1. The number of nitrogens with zero attached hydrogens (tertiary/aromatic N) is 1. The summed E-state index contributed by atoms with van der Waals surface area (Å²) in [5.41, 5.74) is 1.30. The Bertz CT molecular complexity index is 999. The van der Waals surface area contributed by atoms with Crippen LogP contribution in [0.3, 0.4) is 0 Å². The van der Waals surface area contributed by atoms with Crippen LogP contribution in [0.2, 0.25) is 5.02 Å². The van der Waals surface area contributed by atoms with E-state index >= 15 is 0 Å². The Hall–Kier alpha value is -2.54. The predicted octanol–water partition coefficient (Wildman–Crippen LogP) is 1.79. The topological polar surface area (TPSA) is 88.8 Å². The van der Waals surface area contributed by atoms with Crippen LogP contribution >= 0.6 is 11.6 Å². The lowest BCUT2D eigenvalue weighted by atomic mass is 10.1. The molecule has 27 heavy (non-hydrogen) atoms.